The number of nitrogens with zero attached hydrogens (tertiary/aromatic N) is 1. The van der Waals surface area contributed by atoms with Gasteiger partial charge in [-0.05, 0) is 18.8 Å². The fourth-order valence-electron chi connectivity index (χ4n) is 1.23. The molecule has 0 radical (unpaired) electrons. The lowest BCUT2D eigenvalue weighted by molar-refractivity contribution is 0.435. The third-order valence-electron chi connectivity index (χ3n) is 2.09. The van der Waals surface area contributed by atoms with E-state index in [0.717, 1.165) is 37.3 Å². The van der Waals surface area contributed by atoms with Crippen molar-refractivity contribution in [1.82, 2.24) is 4.98 Å². The van der Waals surface area contributed by atoms with Crippen LogP contribution in [-0.4, -0.2) is 10.9 Å². The number of halogens is 1. The molecule has 0 atom stereocenters. The van der Waals surface area contributed by atoms with E-state index in [-0.39, 0.29) is 0 Å². The second kappa shape index (κ2) is 6.07. The highest BCUT2D eigenvalue weighted by molar-refractivity contribution is 6.17. The molecule has 0 N–H and O–H groups in total. The summed E-state index contributed by atoms with van der Waals surface area (Å²) < 4.78 is 5.57. The highest BCUT2D eigenvalue weighted by Crippen LogP contribution is 2.11. The Morgan fingerprint density at radius 3 is 2.86 bits per heavy atom. The molecule has 3 heteroatoms. The van der Waals surface area contributed by atoms with Crippen molar-refractivity contribution in [3.8, 4) is 0 Å². The average Bonchev–Trinajstić information content (AvgIpc) is 2.59. The zero-order valence-electron chi connectivity index (χ0n) is 8.92. The summed E-state index contributed by atoms with van der Waals surface area (Å²) in [5.41, 5.74) is 0. The quantitative estimate of drug-likeness (QED) is 0.680. The van der Waals surface area contributed by atoms with E-state index in [9.17, 15) is 0 Å². The minimum atomic E-state index is 0.670. The lowest BCUT2D eigenvalue weighted by Gasteiger charge is -2.00. The molecule has 0 aliphatic rings. The van der Waals surface area contributed by atoms with E-state index in [1.54, 1.807) is 0 Å². The van der Waals surface area contributed by atoms with Crippen LogP contribution >= 0.6 is 11.6 Å². The zero-order valence-corrected chi connectivity index (χ0v) is 9.68. The van der Waals surface area contributed by atoms with E-state index in [1.807, 2.05) is 6.20 Å². The first-order chi connectivity index (χ1) is 6.72. The zero-order chi connectivity index (χ0) is 10.4. The smallest absolute Gasteiger partial charge is 0.194 e. The Morgan fingerprint density at radius 2 is 2.21 bits per heavy atom. The monoisotopic (exact) mass is 215 g/mol. The Hall–Kier alpha value is -0.500. The van der Waals surface area contributed by atoms with E-state index in [1.165, 1.54) is 0 Å². The first kappa shape index (κ1) is 11.6. The predicted molar refractivity (Wildman–Crippen MR) is 58.7 cm³/mol. The highest BCUT2D eigenvalue weighted by Gasteiger charge is 2.04. The molecule has 1 heterocycles. The maximum absolute atomic E-state index is 5.59. The van der Waals surface area contributed by atoms with Gasteiger partial charge < -0.3 is 4.42 Å². The number of hydrogen-bond acceptors (Lipinski definition) is 2. The summed E-state index contributed by atoms with van der Waals surface area (Å²) >= 11 is 5.59. The minimum Gasteiger partial charge on any atom is -0.446 e. The number of alkyl halides is 1. The molecule has 0 aliphatic heterocycles. The largest absolute Gasteiger partial charge is 0.446 e. The third kappa shape index (κ3) is 4.14. The van der Waals surface area contributed by atoms with E-state index < -0.39 is 0 Å². The second-order valence-corrected chi connectivity index (χ2v) is 4.32. The van der Waals surface area contributed by atoms with Gasteiger partial charge in [-0.1, -0.05) is 13.8 Å². The molecule has 0 aromatic carbocycles. The molecule has 0 bridgehead atoms. The molecule has 0 amide bonds. The van der Waals surface area contributed by atoms with Gasteiger partial charge >= 0.3 is 0 Å². The first-order valence-corrected chi connectivity index (χ1v) is 5.75. The number of hydrogen-bond donors (Lipinski definition) is 0. The third-order valence-corrected chi connectivity index (χ3v) is 2.36. The van der Waals surface area contributed by atoms with Crippen molar-refractivity contribution >= 4 is 11.6 Å². The maximum atomic E-state index is 5.59. The summed E-state index contributed by atoms with van der Waals surface area (Å²) in [7, 11) is 0. The molecule has 0 unspecified atom stereocenters. The van der Waals surface area contributed by atoms with Crippen molar-refractivity contribution in [3.05, 3.63) is 17.8 Å². The molecule has 14 heavy (non-hydrogen) atoms. The Bertz CT molecular complexity index is 258. The SMILES string of the molecule is CC(C)CCc1cnc(CCCCl)o1. The summed E-state index contributed by atoms with van der Waals surface area (Å²) in [6.45, 7) is 4.43. The molecule has 1 aromatic heterocycles. The summed E-state index contributed by atoms with van der Waals surface area (Å²) in [6.07, 6.45) is 5.78. The highest BCUT2D eigenvalue weighted by atomic mass is 35.5. The second-order valence-electron chi connectivity index (χ2n) is 3.95. The molecular formula is C11H18ClNO. The van der Waals surface area contributed by atoms with Gasteiger partial charge in [-0.3, -0.25) is 0 Å². The summed E-state index contributed by atoms with van der Waals surface area (Å²) in [6, 6.07) is 0. The van der Waals surface area contributed by atoms with Crippen LogP contribution in [0.5, 0.6) is 0 Å². The Labute approximate surface area is 90.7 Å². The van der Waals surface area contributed by atoms with Crippen molar-refractivity contribution in [2.24, 2.45) is 5.92 Å². The van der Waals surface area contributed by atoms with Gasteiger partial charge in [0.25, 0.3) is 0 Å². The van der Waals surface area contributed by atoms with Gasteiger partial charge in [0.2, 0.25) is 0 Å². The Kier molecular flexibility index (Phi) is 5.02. The van der Waals surface area contributed by atoms with Gasteiger partial charge in [-0.2, -0.15) is 0 Å². The number of oxazole rings is 1. The maximum Gasteiger partial charge on any atom is 0.194 e. The standard InChI is InChI=1S/C11H18ClNO/c1-9(2)5-6-10-8-13-11(14-10)4-3-7-12/h8-9H,3-7H2,1-2H3. The number of rotatable bonds is 6. The topological polar surface area (TPSA) is 26.0 Å². The van der Waals surface area contributed by atoms with Gasteiger partial charge in [0.05, 0.1) is 6.20 Å². The van der Waals surface area contributed by atoms with Crippen molar-refractivity contribution in [2.75, 3.05) is 5.88 Å². The summed E-state index contributed by atoms with van der Waals surface area (Å²) in [4.78, 5) is 4.21. The molecule has 0 saturated carbocycles. The van der Waals surface area contributed by atoms with E-state index in [2.05, 4.69) is 18.8 Å². The number of aryl methyl sites for hydroxylation is 2. The molecule has 1 aromatic rings. The van der Waals surface area contributed by atoms with Crippen LogP contribution in [0, 0.1) is 5.92 Å². The summed E-state index contributed by atoms with van der Waals surface area (Å²) in [5.74, 6) is 3.21. The van der Waals surface area contributed by atoms with Crippen LogP contribution < -0.4 is 0 Å². The van der Waals surface area contributed by atoms with Gasteiger partial charge in [0, 0.05) is 18.7 Å². The van der Waals surface area contributed by atoms with Crippen molar-refractivity contribution in [3.63, 3.8) is 0 Å². The van der Waals surface area contributed by atoms with Gasteiger partial charge in [0.1, 0.15) is 5.76 Å². The molecule has 2 nitrogen and oxygen atoms in total. The predicted octanol–water partition coefficient (Wildman–Crippen LogP) is 3.43. The Balaban J connectivity index is 2.35. The molecule has 0 fully saturated rings. The van der Waals surface area contributed by atoms with E-state index >= 15 is 0 Å². The lowest BCUT2D eigenvalue weighted by Crippen LogP contribution is -1.90. The van der Waals surface area contributed by atoms with Crippen LogP contribution in [0.1, 0.15) is 38.3 Å². The molecule has 80 valence electrons. The average molecular weight is 216 g/mol. The molecular weight excluding hydrogens is 198 g/mol. The van der Waals surface area contributed by atoms with Gasteiger partial charge in [-0.25, -0.2) is 4.98 Å². The fraction of sp³-hybridized carbons (Fsp3) is 0.727. The fourth-order valence-corrected chi connectivity index (χ4v) is 1.36. The molecule has 1 rings (SSSR count). The van der Waals surface area contributed by atoms with Gasteiger partial charge in [0.15, 0.2) is 5.89 Å². The molecule has 0 spiro atoms. The summed E-state index contributed by atoms with van der Waals surface area (Å²) in [5, 5.41) is 0. The van der Waals surface area contributed by atoms with Gasteiger partial charge in [-0.15, -0.1) is 11.6 Å². The molecule has 0 aliphatic carbocycles. The van der Waals surface area contributed by atoms with Crippen LogP contribution in [0.3, 0.4) is 0 Å². The normalized spacial score (nSPS) is 11.1. The van der Waals surface area contributed by atoms with Crippen LogP contribution in [0.4, 0.5) is 0 Å². The van der Waals surface area contributed by atoms with Crippen LogP contribution in [0.25, 0.3) is 0 Å². The van der Waals surface area contributed by atoms with E-state index in [0.29, 0.717) is 11.8 Å². The molecule has 0 saturated heterocycles. The van der Waals surface area contributed by atoms with Crippen molar-refractivity contribution in [2.45, 2.75) is 39.5 Å². The van der Waals surface area contributed by atoms with Crippen LogP contribution in [0.2, 0.25) is 0 Å². The first-order valence-electron chi connectivity index (χ1n) is 5.22. The lowest BCUT2D eigenvalue weighted by atomic mass is 10.1. The Morgan fingerprint density at radius 1 is 1.43 bits per heavy atom. The van der Waals surface area contributed by atoms with Crippen molar-refractivity contribution < 1.29 is 4.42 Å². The number of aromatic nitrogens is 1. The minimum absolute atomic E-state index is 0.670. The van der Waals surface area contributed by atoms with Crippen LogP contribution in [0.15, 0.2) is 10.6 Å². The van der Waals surface area contributed by atoms with Crippen LogP contribution in [-0.2, 0) is 12.8 Å². The van der Waals surface area contributed by atoms with Crippen molar-refractivity contribution in [1.29, 1.82) is 0 Å². The van der Waals surface area contributed by atoms with E-state index in [4.69, 9.17) is 16.0 Å².